The number of hydrogen-bond donors (Lipinski definition) is 4. The number of carboxylic acids is 1. The van der Waals surface area contributed by atoms with Crippen LogP contribution in [0.2, 0.25) is 0 Å². The molecule has 1 saturated carbocycles. The fourth-order valence-electron chi connectivity index (χ4n) is 4.89. The first-order chi connectivity index (χ1) is 16.9. The number of carbonyl (C=O) groups is 2. The van der Waals surface area contributed by atoms with E-state index in [0.29, 0.717) is 30.2 Å². The van der Waals surface area contributed by atoms with E-state index >= 15 is 0 Å². The largest absolute Gasteiger partial charge is 1.00 e. The Morgan fingerprint density at radius 3 is 2.47 bits per heavy atom. The maximum Gasteiger partial charge on any atom is 1.00 e. The van der Waals surface area contributed by atoms with Crippen molar-refractivity contribution in [3.05, 3.63) is 59.2 Å². The van der Waals surface area contributed by atoms with Crippen molar-refractivity contribution in [3.63, 3.8) is 0 Å². The number of amides is 1. The molecule has 2 aromatic carbocycles. The molecule has 1 aliphatic carbocycles. The minimum absolute atomic E-state index is 0. The van der Waals surface area contributed by atoms with E-state index in [1.54, 1.807) is 17.8 Å². The molecular formula is C28H39LiN2O4S. The Bertz CT molecular complexity index is 1000. The van der Waals surface area contributed by atoms with Crippen LogP contribution in [-0.4, -0.2) is 52.8 Å². The molecule has 2 aromatic rings. The zero-order valence-electron chi connectivity index (χ0n) is 22.8. The third-order valence-electron chi connectivity index (χ3n) is 6.96. The van der Waals surface area contributed by atoms with Gasteiger partial charge in [-0.3, -0.25) is 4.79 Å². The van der Waals surface area contributed by atoms with Gasteiger partial charge in [0.15, 0.2) is 0 Å². The van der Waals surface area contributed by atoms with Crippen LogP contribution in [0.1, 0.15) is 61.4 Å². The molecular weight excluding hydrogens is 467 g/mol. The van der Waals surface area contributed by atoms with Crippen molar-refractivity contribution in [3.8, 4) is 11.1 Å². The average molecular weight is 507 g/mol. The van der Waals surface area contributed by atoms with Crippen LogP contribution in [0, 0.1) is 12.8 Å². The van der Waals surface area contributed by atoms with Gasteiger partial charge in [-0.15, -0.1) is 0 Å². The number of nitrogens with one attached hydrogen (secondary N) is 2. The van der Waals surface area contributed by atoms with Gasteiger partial charge in [0.1, 0.15) is 6.04 Å². The van der Waals surface area contributed by atoms with Gasteiger partial charge >= 0.3 is 24.8 Å². The number of thioether (sulfide) groups is 1. The second kappa shape index (κ2) is 15.5. The van der Waals surface area contributed by atoms with Crippen molar-refractivity contribution in [1.29, 1.82) is 0 Å². The van der Waals surface area contributed by atoms with Gasteiger partial charge in [-0.2, -0.15) is 11.8 Å². The number of rotatable bonds is 12. The molecule has 0 bridgehead atoms. The van der Waals surface area contributed by atoms with Gasteiger partial charge in [-0.25, -0.2) is 4.79 Å². The molecule has 1 aliphatic rings. The molecule has 192 valence electrons. The van der Waals surface area contributed by atoms with Crippen molar-refractivity contribution in [1.82, 2.24) is 10.6 Å². The van der Waals surface area contributed by atoms with E-state index in [9.17, 15) is 19.8 Å². The summed E-state index contributed by atoms with van der Waals surface area (Å²) in [5, 5.41) is 25.8. The molecule has 1 unspecified atom stereocenters. The number of hydrogen-bond acceptors (Lipinski definition) is 5. The molecule has 36 heavy (non-hydrogen) atoms. The SMILES string of the molecule is CSCC[C@H](NC(=O)c1ccc(CNC(CO)C2CCCCC2)cc1-c1ccccc1C)C(=O)O.[H-].[Li+]. The summed E-state index contributed by atoms with van der Waals surface area (Å²) in [7, 11) is 0. The molecule has 4 N–H and O–H groups in total. The Morgan fingerprint density at radius 1 is 1.11 bits per heavy atom. The summed E-state index contributed by atoms with van der Waals surface area (Å²) in [6, 6.07) is 12.7. The number of aliphatic hydroxyl groups excluding tert-OH is 1. The second-order valence-corrected chi connectivity index (χ2v) is 10.4. The number of carboxylic acid groups (broad SMARTS) is 1. The summed E-state index contributed by atoms with van der Waals surface area (Å²) < 4.78 is 0. The Balaban J connectivity index is 0.00000342. The van der Waals surface area contributed by atoms with Crippen molar-refractivity contribution >= 4 is 23.6 Å². The summed E-state index contributed by atoms with van der Waals surface area (Å²) in [5.41, 5.74) is 4.25. The summed E-state index contributed by atoms with van der Waals surface area (Å²) in [5.74, 6) is -0.265. The molecule has 0 aromatic heterocycles. The fourth-order valence-corrected chi connectivity index (χ4v) is 5.36. The molecule has 1 amide bonds. The number of aliphatic hydroxyl groups is 1. The summed E-state index contributed by atoms with van der Waals surface area (Å²) in [6.45, 7) is 2.71. The normalized spacial score (nSPS) is 15.5. The maximum atomic E-state index is 13.2. The summed E-state index contributed by atoms with van der Waals surface area (Å²) >= 11 is 1.55. The van der Waals surface area contributed by atoms with Crippen molar-refractivity contribution in [2.45, 2.75) is 64.1 Å². The monoisotopic (exact) mass is 506 g/mol. The van der Waals surface area contributed by atoms with Gasteiger partial charge in [0.25, 0.3) is 5.91 Å². The van der Waals surface area contributed by atoms with Crippen LogP contribution in [-0.2, 0) is 11.3 Å². The van der Waals surface area contributed by atoms with E-state index in [0.717, 1.165) is 35.1 Å². The predicted octanol–water partition coefficient (Wildman–Crippen LogP) is 1.75. The van der Waals surface area contributed by atoms with Gasteiger partial charge in [0.05, 0.1) is 6.61 Å². The standard InChI is InChI=1S/C28H38N2O4S.Li.H/c1-19-8-6-7-11-22(19)24-16-20(17-29-26(18-31)21-9-4-3-5-10-21)12-13-23(24)27(32)30-25(28(33)34)14-15-35-2;;/h6-8,11-13,16,21,25-26,29,31H,3-5,9-10,14-15,17-18H2,1-2H3,(H,30,32)(H,33,34);;/q;+1;-1/t25-,26?;;/m0../s1. The minimum atomic E-state index is -1.02. The Morgan fingerprint density at radius 2 is 1.83 bits per heavy atom. The maximum absolute atomic E-state index is 13.2. The topological polar surface area (TPSA) is 98.7 Å². The first-order valence-corrected chi connectivity index (χ1v) is 13.9. The van der Waals surface area contributed by atoms with E-state index < -0.39 is 12.0 Å². The van der Waals surface area contributed by atoms with Crippen molar-refractivity contribution in [2.75, 3.05) is 18.6 Å². The molecule has 0 spiro atoms. The van der Waals surface area contributed by atoms with E-state index in [4.69, 9.17) is 0 Å². The number of aryl methyl sites for hydroxylation is 1. The molecule has 0 heterocycles. The third kappa shape index (κ3) is 8.39. The molecule has 0 radical (unpaired) electrons. The van der Waals surface area contributed by atoms with E-state index in [2.05, 4.69) is 10.6 Å². The molecule has 8 heteroatoms. The van der Waals surface area contributed by atoms with Crippen LogP contribution < -0.4 is 29.5 Å². The van der Waals surface area contributed by atoms with Gasteiger partial charge in [0, 0.05) is 18.2 Å². The van der Waals surface area contributed by atoms with Crippen LogP contribution in [0.4, 0.5) is 0 Å². The van der Waals surface area contributed by atoms with Gasteiger partial charge in [-0.05, 0) is 78.5 Å². The predicted molar refractivity (Wildman–Crippen MR) is 144 cm³/mol. The Kier molecular flexibility index (Phi) is 13.1. The van der Waals surface area contributed by atoms with E-state index in [1.807, 2.05) is 49.6 Å². The van der Waals surface area contributed by atoms with Crippen molar-refractivity contribution < 1.29 is 40.1 Å². The summed E-state index contributed by atoms with van der Waals surface area (Å²) in [6.07, 6.45) is 8.29. The van der Waals surface area contributed by atoms with E-state index in [1.165, 1.54) is 19.3 Å². The van der Waals surface area contributed by atoms with Crippen LogP contribution in [0.3, 0.4) is 0 Å². The zero-order valence-corrected chi connectivity index (χ0v) is 22.6. The quantitative estimate of drug-likeness (QED) is 0.328. The molecule has 0 aliphatic heterocycles. The smallest absolute Gasteiger partial charge is 1.00 e. The number of carbonyl (C=O) groups excluding carboxylic acids is 1. The van der Waals surface area contributed by atoms with Gasteiger partial charge in [0.2, 0.25) is 0 Å². The van der Waals surface area contributed by atoms with Crippen LogP contribution in [0.25, 0.3) is 11.1 Å². The molecule has 6 nitrogen and oxygen atoms in total. The van der Waals surface area contributed by atoms with Crippen LogP contribution in [0.15, 0.2) is 42.5 Å². The molecule has 2 atom stereocenters. The second-order valence-electron chi connectivity index (χ2n) is 9.41. The van der Waals surface area contributed by atoms with Crippen LogP contribution >= 0.6 is 11.8 Å². The first kappa shape index (κ1) is 30.5. The zero-order chi connectivity index (χ0) is 25.2. The fraction of sp³-hybridized carbons (Fsp3) is 0.500. The van der Waals surface area contributed by atoms with Gasteiger partial charge in [-0.1, -0.05) is 49.6 Å². The average Bonchev–Trinajstić information content (AvgIpc) is 2.87. The third-order valence-corrected chi connectivity index (χ3v) is 7.61. The first-order valence-electron chi connectivity index (χ1n) is 12.5. The minimum Gasteiger partial charge on any atom is -1.00 e. The Labute approximate surface area is 232 Å². The summed E-state index contributed by atoms with van der Waals surface area (Å²) in [4.78, 5) is 24.9. The number of benzene rings is 2. The van der Waals surface area contributed by atoms with E-state index in [-0.39, 0.29) is 38.8 Å². The number of aliphatic carboxylic acids is 1. The van der Waals surface area contributed by atoms with Crippen molar-refractivity contribution in [2.24, 2.45) is 5.92 Å². The molecule has 0 saturated heterocycles. The molecule has 3 rings (SSSR count). The Hall–Kier alpha value is -1.75. The van der Waals surface area contributed by atoms with Crippen LogP contribution in [0.5, 0.6) is 0 Å². The molecule has 1 fully saturated rings. The van der Waals surface area contributed by atoms with Gasteiger partial charge < -0.3 is 22.3 Å².